The molecule has 0 bridgehead atoms. The number of thioether (sulfide) groups is 1. The third kappa shape index (κ3) is 9.01. The summed E-state index contributed by atoms with van der Waals surface area (Å²) in [4.78, 5) is 4.26. The van der Waals surface area contributed by atoms with Crippen LogP contribution >= 0.6 is 35.7 Å². The van der Waals surface area contributed by atoms with E-state index >= 15 is 0 Å². The van der Waals surface area contributed by atoms with Gasteiger partial charge in [0.05, 0.1) is 5.75 Å². The second-order valence-corrected chi connectivity index (χ2v) is 9.90. The summed E-state index contributed by atoms with van der Waals surface area (Å²) in [6.45, 7) is 5.08. The second kappa shape index (κ2) is 12.1. The number of hydrogen-bond acceptors (Lipinski definition) is 4. The Balaban J connectivity index is 0.00000364. The summed E-state index contributed by atoms with van der Waals surface area (Å²) in [7, 11) is -1.60. The Morgan fingerprint density at radius 1 is 1.26 bits per heavy atom. The summed E-state index contributed by atoms with van der Waals surface area (Å²) in [6.07, 6.45) is 2.54. The van der Waals surface area contributed by atoms with Crippen molar-refractivity contribution in [3.05, 3.63) is 35.4 Å². The summed E-state index contributed by atoms with van der Waals surface area (Å²) >= 11 is 2.00. The van der Waals surface area contributed by atoms with Gasteiger partial charge in [0.1, 0.15) is 0 Å². The van der Waals surface area contributed by atoms with Crippen molar-refractivity contribution in [2.45, 2.75) is 50.3 Å². The van der Waals surface area contributed by atoms with E-state index in [2.05, 4.69) is 20.3 Å². The first kappa shape index (κ1) is 24.5. The maximum Gasteiger partial charge on any atom is 0.216 e. The van der Waals surface area contributed by atoms with Gasteiger partial charge in [-0.05, 0) is 43.6 Å². The molecule has 9 heteroatoms. The van der Waals surface area contributed by atoms with Gasteiger partial charge in [0.25, 0.3) is 0 Å². The lowest BCUT2D eigenvalue weighted by atomic mass is 10.1. The minimum Gasteiger partial charge on any atom is -0.355 e. The maximum atomic E-state index is 12.2. The Kier molecular flexibility index (Phi) is 11.0. The summed E-state index contributed by atoms with van der Waals surface area (Å²) in [6, 6.07) is 7.50. The van der Waals surface area contributed by atoms with Gasteiger partial charge in [0, 0.05) is 31.4 Å². The van der Waals surface area contributed by atoms with Crippen LogP contribution in [-0.2, 0) is 22.3 Å². The molecule has 2 rings (SSSR count). The number of sulfonamides is 1. The molecule has 1 fully saturated rings. The fraction of sp³-hybridized carbons (Fsp3) is 0.611. The monoisotopic (exact) mass is 526 g/mol. The van der Waals surface area contributed by atoms with Crippen molar-refractivity contribution >= 4 is 51.7 Å². The topological polar surface area (TPSA) is 82.6 Å². The van der Waals surface area contributed by atoms with Gasteiger partial charge in [-0.3, -0.25) is 4.99 Å². The van der Waals surface area contributed by atoms with Crippen LogP contribution in [0.4, 0.5) is 0 Å². The number of benzene rings is 1. The Morgan fingerprint density at radius 2 is 1.96 bits per heavy atom. The van der Waals surface area contributed by atoms with Crippen LogP contribution in [0, 0.1) is 0 Å². The van der Waals surface area contributed by atoms with Crippen LogP contribution < -0.4 is 15.4 Å². The average Bonchev–Trinajstić information content (AvgIpc) is 3.08. The second-order valence-electron chi connectivity index (χ2n) is 6.74. The lowest BCUT2D eigenvalue weighted by Gasteiger charge is -2.16. The molecular weight excluding hydrogens is 495 g/mol. The zero-order valence-electron chi connectivity index (χ0n) is 16.2. The standard InChI is InChI=1S/C18H30N4O2S2.HI/c1-14(2)22-26(23,24)13-16-8-5-4-7-15(16)11-20-18(19-3)21-12-17-9-6-10-25-17;/h4-5,7-8,14,17,22H,6,9-13H2,1-3H3,(H2,19,20,21);1H. The molecule has 1 saturated heterocycles. The van der Waals surface area contributed by atoms with E-state index in [-0.39, 0.29) is 35.8 Å². The lowest BCUT2D eigenvalue weighted by molar-refractivity contribution is 0.568. The van der Waals surface area contributed by atoms with Gasteiger partial charge in [-0.2, -0.15) is 11.8 Å². The first-order valence-corrected chi connectivity index (χ1v) is 11.7. The largest absolute Gasteiger partial charge is 0.355 e. The third-order valence-corrected chi connectivity index (χ3v) is 6.99. The number of nitrogens with one attached hydrogen (secondary N) is 3. The molecule has 154 valence electrons. The molecule has 0 saturated carbocycles. The average molecular weight is 527 g/mol. The first-order chi connectivity index (χ1) is 12.4. The molecule has 0 aromatic heterocycles. The molecule has 0 spiro atoms. The highest BCUT2D eigenvalue weighted by Crippen LogP contribution is 2.25. The predicted molar refractivity (Wildman–Crippen MR) is 126 cm³/mol. The van der Waals surface area contributed by atoms with Gasteiger partial charge in [0.2, 0.25) is 10.0 Å². The number of guanidine groups is 1. The SMILES string of the molecule is CN=C(NCc1ccccc1CS(=O)(=O)NC(C)C)NCC1CCCS1.I. The fourth-order valence-corrected chi connectivity index (χ4v) is 5.59. The van der Waals surface area contributed by atoms with Crippen molar-refractivity contribution in [1.29, 1.82) is 0 Å². The van der Waals surface area contributed by atoms with Crippen LogP contribution in [0.2, 0.25) is 0 Å². The molecule has 1 unspecified atom stereocenters. The van der Waals surface area contributed by atoms with Gasteiger partial charge < -0.3 is 10.6 Å². The van der Waals surface area contributed by atoms with Gasteiger partial charge in [-0.1, -0.05) is 24.3 Å². The Morgan fingerprint density at radius 3 is 2.56 bits per heavy atom. The molecule has 0 aliphatic carbocycles. The molecule has 1 aromatic rings. The number of rotatable bonds is 8. The van der Waals surface area contributed by atoms with Crippen molar-refractivity contribution in [2.75, 3.05) is 19.3 Å². The van der Waals surface area contributed by atoms with Crippen LogP contribution in [0.15, 0.2) is 29.3 Å². The maximum absolute atomic E-state index is 12.2. The molecule has 1 heterocycles. The van der Waals surface area contributed by atoms with Crippen LogP contribution in [-0.4, -0.2) is 45.0 Å². The highest BCUT2D eigenvalue weighted by Gasteiger charge is 2.17. The smallest absolute Gasteiger partial charge is 0.216 e. The summed E-state index contributed by atoms with van der Waals surface area (Å²) in [5.74, 6) is 1.97. The van der Waals surface area contributed by atoms with Crippen molar-refractivity contribution in [3.8, 4) is 0 Å². The Bertz CT molecular complexity index is 705. The molecule has 3 N–H and O–H groups in total. The molecule has 0 amide bonds. The molecule has 1 aliphatic rings. The van der Waals surface area contributed by atoms with E-state index in [4.69, 9.17) is 0 Å². The zero-order valence-corrected chi connectivity index (χ0v) is 20.2. The van der Waals surface area contributed by atoms with Gasteiger partial charge in [-0.15, -0.1) is 24.0 Å². The number of aliphatic imine (C=N–C) groups is 1. The van der Waals surface area contributed by atoms with Gasteiger partial charge >= 0.3 is 0 Å². The van der Waals surface area contributed by atoms with Crippen molar-refractivity contribution in [2.24, 2.45) is 4.99 Å². The summed E-state index contributed by atoms with van der Waals surface area (Å²) < 4.78 is 27.1. The van der Waals surface area contributed by atoms with Crippen LogP contribution in [0.5, 0.6) is 0 Å². The quantitative estimate of drug-likeness (QED) is 0.276. The van der Waals surface area contributed by atoms with Crippen LogP contribution in [0.3, 0.4) is 0 Å². The highest BCUT2D eigenvalue weighted by molar-refractivity contribution is 14.0. The van der Waals surface area contributed by atoms with E-state index in [9.17, 15) is 8.42 Å². The van der Waals surface area contributed by atoms with Crippen molar-refractivity contribution in [1.82, 2.24) is 15.4 Å². The summed E-state index contributed by atoms with van der Waals surface area (Å²) in [5.41, 5.74) is 1.76. The third-order valence-electron chi connectivity index (χ3n) is 4.07. The molecule has 27 heavy (non-hydrogen) atoms. The van der Waals surface area contributed by atoms with E-state index in [1.165, 1.54) is 18.6 Å². The van der Waals surface area contributed by atoms with E-state index in [0.29, 0.717) is 11.8 Å². The minimum absolute atomic E-state index is 0. The predicted octanol–water partition coefficient (Wildman–Crippen LogP) is 2.69. The van der Waals surface area contributed by atoms with E-state index in [0.717, 1.165) is 23.6 Å². The molecule has 1 atom stereocenters. The van der Waals surface area contributed by atoms with Gasteiger partial charge in [-0.25, -0.2) is 13.1 Å². The number of halogens is 1. The normalized spacial score (nSPS) is 17.6. The molecular formula is C18H31IN4O2S2. The Hall–Kier alpha value is -0.520. The summed E-state index contributed by atoms with van der Waals surface area (Å²) in [5, 5.41) is 7.30. The zero-order chi connectivity index (χ0) is 19.0. The number of hydrogen-bond donors (Lipinski definition) is 3. The van der Waals surface area contributed by atoms with Gasteiger partial charge in [0.15, 0.2) is 5.96 Å². The first-order valence-electron chi connectivity index (χ1n) is 9.02. The minimum atomic E-state index is -3.35. The van der Waals surface area contributed by atoms with E-state index in [1.54, 1.807) is 7.05 Å². The lowest BCUT2D eigenvalue weighted by Crippen LogP contribution is -2.40. The Labute approximate surface area is 184 Å². The molecule has 6 nitrogen and oxygen atoms in total. The highest BCUT2D eigenvalue weighted by atomic mass is 127. The van der Waals surface area contributed by atoms with E-state index < -0.39 is 10.0 Å². The fourth-order valence-electron chi connectivity index (χ4n) is 2.89. The molecule has 0 radical (unpaired) electrons. The molecule has 1 aliphatic heterocycles. The number of nitrogens with zero attached hydrogens (tertiary/aromatic N) is 1. The van der Waals surface area contributed by atoms with Crippen LogP contribution in [0.1, 0.15) is 37.8 Å². The molecule has 1 aromatic carbocycles. The van der Waals surface area contributed by atoms with Crippen LogP contribution in [0.25, 0.3) is 0 Å². The van der Waals surface area contributed by atoms with Crippen molar-refractivity contribution in [3.63, 3.8) is 0 Å². The van der Waals surface area contributed by atoms with Crippen molar-refractivity contribution < 1.29 is 8.42 Å². The van der Waals surface area contributed by atoms with E-state index in [1.807, 2.05) is 49.9 Å².